The fourth-order valence-corrected chi connectivity index (χ4v) is 5.11. The highest BCUT2D eigenvalue weighted by molar-refractivity contribution is 5.75. The van der Waals surface area contributed by atoms with Crippen LogP contribution in [0.15, 0.2) is 66.4 Å². The summed E-state index contributed by atoms with van der Waals surface area (Å²) in [5.41, 5.74) is 3.56. The highest BCUT2D eigenvalue weighted by Gasteiger charge is 2.59. The molecule has 0 amide bonds. The summed E-state index contributed by atoms with van der Waals surface area (Å²) in [6.45, 7) is 1.32. The number of allylic oxidation sites excluding steroid dienone is 1. The van der Waals surface area contributed by atoms with Crippen molar-refractivity contribution in [1.82, 2.24) is 0 Å². The van der Waals surface area contributed by atoms with Crippen molar-refractivity contribution >= 4 is 5.57 Å². The second kappa shape index (κ2) is 5.49. The van der Waals surface area contributed by atoms with E-state index in [4.69, 9.17) is 9.47 Å². The van der Waals surface area contributed by atoms with Crippen molar-refractivity contribution in [2.24, 2.45) is 11.8 Å². The second-order valence-electron chi connectivity index (χ2n) is 7.05. The lowest BCUT2D eigenvalue weighted by Crippen LogP contribution is -2.42. The van der Waals surface area contributed by atoms with Gasteiger partial charge in [0.2, 0.25) is 0 Å². The Balaban J connectivity index is 1.76. The number of benzene rings is 2. The summed E-state index contributed by atoms with van der Waals surface area (Å²) < 4.78 is 12.9. The molecule has 1 saturated heterocycles. The average Bonchev–Trinajstić information content (AvgIpc) is 3.23. The minimum Gasteiger partial charge on any atom is -0.492 e. The van der Waals surface area contributed by atoms with Gasteiger partial charge in [0.05, 0.1) is 6.61 Å². The zero-order valence-corrected chi connectivity index (χ0v) is 13.8. The molecule has 2 aromatic rings. The molecule has 2 heteroatoms. The molecule has 2 aromatic carbocycles. The molecule has 1 saturated carbocycles. The van der Waals surface area contributed by atoms with Crippen molar-refractivity contribution in [3.05, 3.63) is 77.5 Å². The van der Waals surface area contributed by atoms with Crippen LogP contribution in [0.25, 0.3) is 5.57 Å². The molecule has 24 heavy (non-hydrogen) atoms. The Labute approximate surface area is 143 Å². The summed E-state index contributed by atoms with van der Waals surface area (Å²) in [6, 6.07) is 21.5. The Morgan fingerprint density at radius 1 is 0.833 bits per heavy atom. The first-order valence-corrected chi connectivity index (χ1v) is 9.03. The molecule has 2 nitrogen and oxygen atoms in total. The van der Waals surface area contributed by atoms with Gasteiger partial charge in [-0.1, -0.05) is 67.1 Å². The van der Waals surface area contributed by atoms with E-state index < -0.39 is 0 Å². The molecule has 0 unspecified atom stereocenters. The smallest absolute Gasteiger partial charge is 0.154 e. The normalized spacial score (nSPS) is 31.5. The first-order valence-electron chi connectivity index (χ1n) is 9.03. The van der Waals surface area contributed by atoms with Crippen molar-refractivity contribution in [2.45, 2.75) is 24.9 Å². The lowest BCUT2D eigenvalue weighted by atomic mass is 9.79. The van der Waals surface area contributed by atoms with Crippen LogP contribution in [-0.2, 0) is 15.1 Å². The largest absolute Gasteiger partial charge is 0.492 e. The molecule has 0 bridgehead atoms. The monoisotopic (exact) mass is 318 g/mol. The molecule has 2 aliphatic carbocycles. The minimum atomic E-state index is -0.383. The topological polar surface area (TPSA) is 18.5 Å². The maximum atomic E-state index is 6.56. The van der Waals surface area contributed by atoms with Crippen LogP contribution in [0.4, 0.5) is 0 Å². The first-order chi connectivity index (χ1) is 11.9. The summed E-state index contributed by atoms with van der Waals surface area (Å²) in [4.78, 5) is 0. The Hall–Kier alpha value is -2.06. The minimum absolute atomic E-state index is 0.383. The van der Waals surface area contributed by atoms with Crippen LogP contribution in [0.5, 0.6) is 0 Å². The van der Waals surface area contributed by atoms with Crippen LogP contribution in [-0.4, -0.2) is 13.2 Å². The predicted octanol–water partition coefficient (Wildman–Crippen LogP) is 4.77. The first kappa shape index (κ1) is 14.3. The van der Waals surface area contributed by atoms with Gasteiger partial charge in [0.15, 0.2) is 5.60 Å². The fraction of sp³-hybridized carbons (Fsp3) is 0.364. The van der Waals surface area contributed by atoms with Gasteiger partial charge < -0.3 is 9.47 Å². The van der Waals surface area contributed by atoms with E-state index in [2.05, 4.69) is 60.7 Å². The number of fused-ring (bicyclic) bond motifs is 3. The molecule has 3 atom stereocenters. The van der Waals surface area contributed by atoms with E-state index in [0.29, 0.717) is 25.0 Å². The van der Waals surface area contributed by atoms with Crippen molar-refractivity contribution in [2.75, 3.05) is 13.2 Å². The van der Waals surface area contributed by atoms with Crippen LogP contribution in [0.3, 0.4) is 0 Å². The fourth-order valence-electron chi connectivity index (χ4n) is 5.11. The molecule has 1 aliphatic heterocycles. The quantitative estimate of drug-likeness (QED) is 0.794. The van der Waals surface area contributed by atoms with Crippen LogP contribution in [0, 0.1) is 11.8 Å². The van der Waals surface area contributed by atoms with E-state index in [-0.39, 0.29) is 5.60 Å². The molecular formula is C22H22O2. The van der Waals surface area contributed by atoms with Crippen molar-refractivity contribution in [1.29, 1.82) is 0 Å². The van der Waals surface area contributed by atoms with E-state index in [9.17, 15) is 0 Å². The summed E-state index contributed by atoms with van der Waals surface area (Å²) in [6.07, 6.45) is 3.72. The molecule has 2 fully saturated rings. The highest BCUT2D eigenvalue weighted by atomic mass is 16.6. The molecule has 0 spiro atoms. The van der Waals surface area contributed by atoms with Crippen LogP contribution < -0.4 is 0 Å². The van der Waals surface area contributed by atoms with Gasteiger partial charge in [0.1, 0.15) is 12.4 Å². The van der Waals surface area contributed by atoms with Crippen molar-refractivity contribution in [3.8, 4) is 0 Å². The molecule has 3 aliphatic rings. The van der Waals surface area contributed by atoms with Crippen molar-refractivity contribution < 1.29 is 9.47 Å². The maximum absolute atomic E-state index is 6.56. The lowest BCUT2D eigenvalue weighted by Gasteiger charge is -2.41. The predicted molar refractivity (Wildman–Crippen MR) is 94.2 cm³/mol. The number of hydrogen-bond donors (Lipinski definition) is 0. The van der Waals surface area contributed by atoms with Gasteiger partial charge in [-0.25, -0.2) is 0 Å². The summed E-state index contributed by atoms with van der Waals surface area (Å²) >= 11 is 0. The SMILES string of the molecule is c1ccc(C2=C3OCCO[C@@]3(c3ccccc3)[C@@H]3CCC[C@H]23)cc1. The Bertz CT molecular complexity index is 765. The van der Waals surface area contributed by atoms with Gasteiger partial charge >= 0.3 is 0 Å². The van der Waals surface area contributed by atoms with E-state index >= 15 is 0 Å². The third-order valence-electron chi connectivity index (χ3n) is 5.94. The molecular weight excluding hydrogens is 296 g/mol. The molecule has 5 rings (SSSR count). The van der Waals surface area contributed by atoms with Crippen LogP contribution in [0.2, 0.25) is 0 Å². The Kier molecular flexibility index (Phi) is 3.27. The van der Waals surface area contributed by atoms with Gasteiger partial charge in [0.25, 0.3) is 0 Å². The number of hydrogen-bond acceptors (Lipinski definition) is 2. The van der Waals surface area contributed by atoms with Gasteiger partial charge in [-0.3, -0.25) is 0 Å². The van der Waals surface area contributed by atoms with Crippen LogP contribution in [0.1, 0.15) is 30.4 Å². The van der Waals surface area contributed by atoms with Gasteiger partial charge in [0, 0.05) is 11.5 Å². The maximum Gasteiger partial charge on any atom is 0.154 e. The summed E-state index contributed by atoms with van der Waals surface area (Å²) in [5, 5.41) is 0. The Morgan fingerprint density at radius 3 is 2.38 bits per heavy atom. The van der Waals surface area contributed by atoms with Crippen LogP contribution >= 0.6 is 0 Å². The van der Waals surface area contributed by atoms with E-state index in [1.165, 1.54) is 36.0 Å². The molecule has 1 heterocycles. The van der Waals surface area contributed by atoms with Gasteiger partial charge in [-0.15, -0.1) is 0 Å². The molecule has 0 radical (unpaired) electrons. The van der Waals surface area contributed by atoms with Gasteiger partial charge in [-0.2, -0.15) is 0 Å². The molecule has 122 valence electrons. The summed E-state index contributed by atoms with van der Waals surface area (Å²) in [7, 11) is 0. The molecule has 0 N–H and O–H groups in total. The van der Waals surface area contributed by atoms with E-state index in [0.717, 1.165) is 5.76 Å². The molecule has 0 aromatic heterocycles. The van der Waals surface area contributed by atoms with Crippen molar-refractivity contribution in [3.63, 3.8) is 0 Å². The highest BCUT2D eigenvalue weighted by Crippen LogP contribution is 2.62. The van der Waals surface area contributed by atoms with E-state index in [1.54, 1.807) is 0 Å². The van der Waals surface area contributed by atoms with Gasteiger partial charge in [-0.05, 0) is 29.9 Å². The standard InChI is InChI=1S/C22H22O2/c1-3-8-16(9-4-1)20-18-12-7-13-19(18)22(17-10-5-2-6-11-17)21(20)23-14-15-24-22/h1-6,8-11,18-19H,7,12-15H2/t18-,19+,22-/m0/s1. The lowest BCUT2D eigenvalue weighted by molar-refractivity contribution is -0.141. The summed E-state index contributed by atoms with van der Waals surface area (Å²) in [5.74, 6) is 2.12. The number of ether oxygens (including phenoxy) is 2. The third kappa shape index (κ3) is 1.86. The third-order valence-corrected chi connectivity index (χ3v) is 5.94. The zero-order chi connectivity index (χ0) is 16.0. The van der Waals surface area contributed by atoms with E-state index in [1.807, 2.05) is 0 Å². The average molecular weight is 318 g/mol. The number of rotatable bonds is 2. The Morgan fingerprint density at radius 2 is 1.58 bits per heavy atom. The zero-order valence-electron chi connectivity index (χ0n) is 13.8. The second-order valence-corrected chi connectivity index (χ2v) is 7.05.